The Morgan fingerprint density at radius 2 is 2.04 bits per heavy atom. The molecule has 0 saturated heterocycles. The summed E-state index contributed by atoms with van der Waals surface area (Å²) in [7, 11) is 0. The summed E-state index contributed by atoms with van der Waals surface area (Å²) in [6, 6.07) is 5.19. The van der Waals surface area contributed by atoms with Gasteiger partial charge in [0.25, 0.3) is 0 Å². The highest BCUT2D eigenvalue weighted by Crippen LogP contribution is 2.26. The summed E-state index contributed by atoms with van der Waals surface area (Å²) in [4.78, 5) is 27.3. The van der Waals surface area contributed by atoms with Gasteiger partial charge in [-0.1, -0.05) is 0 Å². The van der Waals surface area contributed by atoms with Gasteiger partial charge in [-0.3, -0.25) is 4.79 Å². The number of hydrogen-bond donors (Lipinski definition) is 3. The lowest BCUT2D eigenvalue weighted by Crippen LogP contribution is -2.33. The number of anilines is 1. The summed E-state index contributed by atoms with van der Waals surface area (Å²) in [5.41, 5.74) is 12.7. The van der Waals surface area contributed by atoms with E-state index < -0.39 is 17.6 Å². The zero-order valence-electron chi connectivity index (χ0n) is 15.7. The molecular formula is C18H27N5O3. The van der Waals surface area contributed by atoms with Gasteiger partial charge in [0.15, 0.2) is 0 Å². The van der Waals surface area contributed by atoms with E-state index in [0.717, 1.165) is 18.4 Å². The molecule has 1 heterocycles. The Morgan fingerprint density at radius 3 is 2.65 bits per heavy atom. The van der Waals surface area contributed by atoms with Crippen molar-refractivity contribution in [2.45, 2.75) is 52.2 Å². The molecule has 0 radical (unpaired) electrons. The predicted octanol–water partition coefficient (Wildman–Crippen LogP) is 2.58. The van der Waals surface area contributed by atoms with E-state index in [0.29, 0.717) is 23.6 Å². The van der Waals surface area contributed by atoms with Crippen molar-refractivity contribution < 1.29 is 14.3 Å². The maximum absolute atomic E-state index is 11.6. The third-order valence-corrected chi connectivity index (χ3v) is 3.91. The number of carbonyl (C=O) groups excluding carboxylic acids is 2. The molecule has 2 aromatic rings. The highest BCUT2D eigenvalue weighted by Gasteiger charge is 2.17. The molecule has 0 fully saturated rings. The maximum Gasteiger partial charge on any atom is 0.407 e. The number of amides is 2. The summed E-state index contributed by atoms with van der Waals surface area (Å²) in [5, 5.41) is 2.74. The quantitative estimate of drug-likeness (QED) is 0.682. The highest BCUT2D eigenvalue weighted by atomic mass is 16.6. The number of nitrogens with two attached hydrogens (primary N) is 2. The fourth-order valence-electron chi connectivity index (χ4n) is 2.77. The van der Waals surface area contributed by atoms with E-state index in [9.17, 15) is 9.59 Å². The number of carbonyl (C=O) groups is 2. The van der Waals surface area contributed by atoms with Crippen LogP contribution in [0.5, 0.6) is 0 Å². The smallest absolute Gasteiger partial charge is 0.407 e. The van der Waals surface area contributed by atoms with Crippen LogP contribution in [-0.2, 0) is 4.74 Å². The molecule has 142 valence electrons. The average Bonchev–Trinajstić information content (AvgIpc) is 2.84. The van der Waals surface area contributed by atoms with E-state index in [4.69, 9.17) is 16.2 Å². The van der Waals surface area contributed by atoms with Gasteiger partial charge in [-0.25, -0.2) is 9.78 Å². The first-order chi connectivity index (χ1) is 12.1. The summed E-state index contributed by atoms with van der Waals surface area (Å²) >= 11 is 0. The second-order valence-corrected chi connectivity index (χ2v) is 7.33. The summed E-state index contributed by atoms with van der Waals surface area (Å²) in [6.45, 7) is 8.02. The molecule has 0 saturated carbocycles. The maximum atomic E-state index is 11.6. The molecule has 1 aromatic carbocycles. The number of fused-ring (bicyclic) bond motifs is 1. The van der Waals surface area contributed by atoms with Crippen molar-refractivity contribution in [3.05, 3.63) is 23.8 Å². The molecule has 1 aromatic heterocycles. The fraction of sp³-hybridized carbons (Fsp3) is 0.500. The standard InChI is InChI=1S/C18H27N5O3/c1-11(6-5-9-21-17(25)26-18(2,3)4)23-14-8-7-12(15(19)24)10-13(14)22-16(23)20/h7-8,10-11H,5-6,9H2,1-4H3,(H2,19,24)(H2,20,22)(H,21,25). The number of primary amides is 1. The highest BCUT2D eigenvalue weighted by molar-refractivity contribution is 5.96. The van der Waals surface area contributed by atoms with Crippen molar-refractivity contribution in [3.63, 3.8) is 0 Å². The van der Waals surface area contributed by atoms with Crippen molar-refractivity contribution in [2.75, 3.05) is 12.3 Å². The normalized spacial score (nSPS) is 12.8. The van der Waals surface area contributed by atoms with Gasteiger partial charge in [0.05, 0.1) is 11.0 Å². The van der Waals surface area contributed by atoms with Crippen LogP contribution in [0.4, 0.5) is 10.7 Å². The number of benzene rings is 1. The largest absolute Gasteiger partial charge is 0.444 e. The molecule has 2 amide bonds. The number of hydrogen-bond acceptors (Lipinski definition) is 5. The zero-order chi connectivity index (χ0) is 19.5. The molecule has 0 aliphatic carbocycles. The minimum absolute atomic E-state index is 0.0832. The number of ether oxygens (including phenoxy) is 1. The lowest BCUT2D eigenvalue weighted by Gasteiger charge is -2.20. The molecule has 5 N–H and O–H groups in total. The van der Waals surface area contributed by atoms with E-state index in [1.54, 1.807) is 18.2 Å². The molecule has 0 bridgehead atoms. The molecule has 1 atom stereocenters. The lowest BCUT2D eigenvalue weighted by molar-refractivity contribution is 0.0526. The molecule has 0 aliphatic heterocycles. The van der Waals surface area contributed by atoms with E-state index in [1.165, 1.54) is 0 Å². The minimum Gasteiger partial charge on any atom is -0.444 e. The van der Waals surface area contributed by atoms with Gasteiger partial charge in [-0.2, -0.15) is 0 Å². The Labute approximate surface area is 152 Å². The molecule has 8 nitrogen and oxygen atoms in total. The Bertz CT molecular complexity index is 807. The van der Waals surface area contributed by atoms with Crippen LogP contribution in [0, 0.1) is 0 Å². The Morgan fingerprint density at radius 1 is 1.35 bits per heavy atom. The monoisotopic (exact) mass is 361 g/mol. The molecule has 2 rings (SSSR count). The third kappa shape index (κ3) is 4.87. The van der Waals surface area contributed by atoms with Crippen LogP contribution in [0.2, 0.25) is 0 Å². The SMILES string of the molecule is CC(CCCNC(=O)OC(C)(C)C)n1c(N)nc2cc(C(N)=O)ccc21. The van der Waals surface area contributed by atoms with E-state index in [1.807, 2.05) is 32.3 Å². The van der Waals surface area contributed by atoms with Gasteiger partial charge in [-0.15, -0.1) is 0 Å². The Kier molecular flexibility index (Phi) is 5.74. The molecule has 26 heavy (non-hydrogen) atoms. The van der Waals surface area contributed by atoms with Crippen LogP contribution in [0.1, 0.15) is 56.9 Å². The zero-order valence-corrected chi connectivity index (χ0v) is 15.7. The summed E-state index contributed by atoms with van der Waals surface area (Å²) in [6.07, 6.45) is 1.14. The van der Waals surface area contributed by atoms with Gasteiger partial charge in [0.1, 0.15) is 5.60 Å². The van der Waals surface area contributed by atoms with Crippen molar-refractivity contribution in [3.8, 4) is 0 Å². The fourth-order valence-corrected chi connectivity index (χ4v) is 2.77. The average molecular weight is 361 g/mol. The Balaban J connectivity index is 1.97. The number of rotatable bonds is 6. The van der Waals surface area contributed by atoms with Crippen LogP contribution < -0.4 is 16.8 Å². The summed E-state index contributed by atoms with van der Waals surface area (Å²) < 4.78 is 7.13. The van der Waals surface area contributed by atoms with Crippen molar-refractivity contribution in [1.29, 1.82) is 0 Å². The van der Waals surface area contributed by atoms with Crippen molar-refractivity contribution >= 4 is 29.0 Å². The van der Waals surface area contributed by atoms with Gasteiger partial charge in [0.2, 0.25) is 11.9 Å². The molecule has 0 spiro atoms. The van der Waals surface area contributed by atoms with Gasteiger partial charge < -0.3 is 26.1 Å². The van der Waals surface area contributed by atoms with Gasteiger partial charge in [-0.05, 0) is 58.7 Å². The van der Waals surface area contributed by atoms with Crippen molar-refractivity contribution in [2.24, 2.45) is 5.73 Å². The van der Waals surface area contributed by atoms with Crippen molar-refractivity contribution in [1.82, 2.24) is 14.9 Å². The number of aromatic nitrogens is 2. The number of alkyl carbamates (subject to hydrolysis) is 1. The minimum atomic E-state index is -0.509. The van der Waals surface area contributed by atoms with E-state index >= 15 is 0 Å². The van der Waals surface area contributed by atoms with Crippen LogP contribution in [-0.4, -0.2) is 33.7 Å². The molecular weight excluding hydrogens is 334 g/mol. The molecule has 0 aliphatic rings. The van der Waals surface area contributed by atoms with Gasteiger partial charge >= 0.3 is 6.09 Å². The number of nitrogens with zero attached hydrogens (tertiary/aromatic N) is 2. The molecule has 1 unspecified atom stereocenters. The second kappa shape index (κ2) is 7.63. The van der Waals surface area contributed by atoms with Crippen LogP contribution in [0.25, 0.3) is 11.0 Å². The Hall–Kier alpha value is -2.77. The van der Waals surface area contributed by atoms with Crippen LogP contribution in [0.15, 0.2) is 18.2 Å². The second-order valence-electron chi connectivity index (χ2n) is 7.33. The predicted molar refractivity (Wildman–Crippen MR) is 101 cm³/mol. The van der Waals surface area contributed by atoms with Gasteiger partial charge in [0, 0.05) is 18.2 Å². The summed E-state index contributed by atoms with van der Waals surface area (Å²) in [5.74, 6) is -0.115. The number of nitrogen functional groups attached to an aromatic ring is 1. The topological polar surface area (TPSA) is 125 Å². The number of imidazole rings is 1. The van der Waals surface area contributed by atoms with E-state index in [-0.39, 0.29) is 6.04 Å². The first kappa shape index (κ1) is 19.6. The number of nitrogens with one attached hydrogen (secondary N) is 1. The lowest BCUT2D eigenvalue weighted by atomic mass is 10.1. The first-order valence-electron chi connectivity index (χ1n) is 8.62. The van der Waals surface area contributed by atoms with E-state index in [2.05, 4.69) is 10.3 Å². The van der Waals surface area contributed by atoms with Crippen LogP contribution in [0.3, 0.4) is 0 Å². The van der Waals surface area contributed by atoms with Crippen LogP contribution >= 0.6 is 0 Å². The third-order valence-electron chi connectivity index (χ3n) is 3.91. The molecule has 8 heteroatoms. The first-order valence-corrected chi connectivity index (χ1v) is 8.62.